The monoisotopic (exact) mass is 518 g/mol. The molecule has 0 bridgehead atoms. The summed E-state index contributed by atoms with van der Waals surface area (Å²) >= 11 is 1.21. The first-order valence-corrected chi connectivity index (χ1v) is 11.9. The molecule has 1 fully saturated rings. The Balaban J connectivity index is 1.74. The van der Waals surface area contributed by atoms with Gasteiger partial charge in [0.25, 0.3) is 5.78 Å². The van der Waals surface area contributed by atoms with E-state index in [4.69, 9.17) is 14.2 Å². The van der Waals surface area contributed by atoms with E-state index in [1.54, 1.807) is 55.6 Å². The zero-order chi connectivity index (χ0) is 26.3. The number of hydrogen-bond donors (Lipinski definition) is 2. The van der Waals surface area contributed by atoms with E-state index >= 15 is 0 Å². The Kier molecular flexibility index (Phi) is 6.18. The third-order valence-corrected chi connectivity index (χ3v) is 7.11. The van der Waals surface area contributed by atoms with E-state index < -0.39 is 17.7 Å². The normalized spacial score (nSPS) is 16.8. The molecule has 2 N–H and O–H groups in total. The SMILES string of the molecule is COc1cccc(/C(O)=C2\C(=O)C(=O)N(c3nc4ccc(OC)cc4s3)C2c2ccc(O)c(OC)c2)c1. The second kappa shape index (κ2) is 9.47. The fourth-order valence-electron chi connectivity index (χ4n) is 4.26. The maximum atomic E-state index is 13.4. The second-order valence-corrected chi connectivity index (χ2v) is 9.17. The van der Waals surface area contributed by atoms with Crippen molar-refractivity contribution in [1.82, 2.24) is 4.98 Å². The molecule has 1 aliphatic heterocycles. The molecule has 4 aromatic rings. The summed E-state index contributed by atoms with van der Waals surface area (Å²) in [6.45, 7) is 0. The van der Waals surface area contributed by atoms with Crippen LogP contribution in [0.4, 0.5) is 5.13 Å². The van der Waals surface area contributed by atoms with Gasteiger partial charge in [0.15, 0.2) is 16.6 Å². The Bertz CT molecular complexity index is 1580. The number of carbonyl (C=O) groups is 2. The first kappa shape index (κ1) is 24.1. The quantitative estimate of drug-likeness (QED) is 0.215. The van der Waals surface area contributed by atoms with Crippen LogP contribution in [-0.4, -0.2) is 48.2 Å². The predicted octanol–water partition coefficient (Wildman–Crippen LogP) is 4.65. The van der Waals surface area contributed by atoms with Crippen molar-refractivity contribution in [2.75, 3.05) is 26.2 Å². The highest BCUT2D eigenvalue weighted by molar-refractivity contribution is 7.22. The third-order valence-electron chi connectivity index (χ3n) is 6.10. The lowest BCUT2D eigenvalue weighted by Gasteiger charge is -2.23. The summed E-state index contributed by atoms with van der Waals surface area (Å²) in [5, 5.41) is 21.7. The Hall–Kier alpha value is -4.57. The number of aliphatic hydroxyl groups is 1. The highest BCUT2D eigenvalue weighted by Gasteiger charge is 2.48. The number of fused-ring (bicyclic) bond motifs is 1. The number of carbonyl (C=O) groups excluding carboxylic acids is 2. The lowest BCUT2D eigenvalue weighted by Crippen LogP contribution is -2.29. The standard InChI is InChI=1S/C27H22N2O7S/c1-34-16-6-4-5-15(11-16)24(31)22-23(14-7-10-19(30)20(12-14)36-3)29(26(33)25(22)32)27-28-18-9-8-17(35-2)13-21(18)37-27/h4-13,23,30-31H,1-3H3/b24-22+. The van der Waals surface area contributed by atoms with Gasteiger partial charge in [-0.05, 0) is 48.0 Å². The zero-order valence-electron chi connectivity index (χ0n) is 20.1. The number of anilines is 1. The molecule has 9 nitrogen and oxygen atoms in total. The molecule has 1 unspecified atom stereocenters. The smallest absolute Gasteiger partial charge is 0.301 e. The minimum atomic E-state index is -1.04. The van der Waals surface area contributed by atoms with Crippen LogP contribution in [0.25, 0.3) is 16.0 Å². The van der Waals surface area contributed by atoms with Crippen molar-refractivity contribution in [3.8, 4) is 23.0 Å². The molecule has 0 radical (unpaired) electrons. The number of phenols is 1. The molecule has 1 atom stereocenters. The summed E-state index contributed by atoms with van der Waals surface area (Å²) in [6, 6.07) is 15.3. The van der Waals surface area contributed by atoms with E-state index in [0.29, 0.717) is 28.1 Å². The molecule has 2 heterocycles. The van der Waals surface area contributed by atoms with Gasteiger partial charge in [-0.3, -0.25) is 14.5 Å². The van der Waals surface area contributed by atoms with Crippen molar-refractivity contribution < 1.29 is 34.0 Å². The highest BCUT2D eigenvalue weighted by atomic mass is 32.1. The van der Waals surface area contributed by atoms with Crippen LogP contribution in [0.5, 0.6) is 23.0 Å². The lowest BCUT2D eigenvalue weighted by molar-refractivity contribution is -0.132. The first-order valence-electron chi connectivity index (χ1n) is 11.1. The van der Waals surface area contributed by atoms with E-state index in [9.17, 15) is 19.8 Å². The van der Waals surface area contributed by atoms with Gasteiger partial charge in [0.2, 0.25) is 0 Å². The molecule has 0 saturated carbocycles. The Labute approximate surface area is 215 Å². The molecule has 0 aliphatic carbocycles. The molecule has 0 spiro atoms. The van der Waals surface area contributed by atoms with Gasteiger partial charge in [-0.2, -0.15) is 0 Å². The van der Waals surface area contributed by atoms with Gasteiger partial charge in [-0.25, -0.2) is 4.98 Å². The average molecular weight is 519 g/mol. The summed E-state index contributed by atoms with van der Waals surface area (Å²) in [5.74, 6) is -0.924. The Morgan fingerprint density at radius 3 is 2.43 bits per heavy atom. The summed E-state index contributed by atoms with van der Waals surface area (Å²) < 4.78 is 16.6. The zero-order valence-corrected chi connectivity index (χ0v) is 20.9. The minimum Gasteiger partial charge on any atom is -0.507 e. The summed E-state index contributed by atoms with van der Waals surface area (Å²) in [6.07, 6.45) is 0. The Morgan fingerprint density at radius 2 is 1.70 bits per heavy atom. The molecule has 188 valence electrons. The average Bonchev–Trinajstić information content (AvgIpc) is 3.46. The largest absolute Gasteiger partial charge is 0.507 e. The third kappa shape index (κ3) is 4.11. The number of phenolic OH excluding ortho intramolecular Hbond substituents is 1. The molecule has 10 heteroatoms. The Morgan fingerprint density at radius 1 is 0.946 bits per heavy atom. The van der Waals surface area contributed by atoms with Crippen molar-refractivity contribution in [3.05, 3.63) is 77.4 Å². The van der Waals surface area contributed by atoms with Gasteiger partial charge in [0.05, 0.1) is 43.2 Å². The van der Waals surface area contributed by atoms with Gasteiger partial charge in [0, 0.05) is 5.56 Å². The topological polar surface area (TPSA) is 118 Å². The number of nitrogens with zero attached hydrogens (tertiary/aromatic N) is 2. The van der Waals surface area contributed by atoms with E-state index in [1.807, 2.05) is 0 Å². The van der Waals surface area contributed by atoms with Crippen LogP contribution in [0.2, 0.25) is 0 Å². The molecular formula is C27H22N2O7S. The predicted molar refractivity (Wildman–Crippen MR) is 139 cm³/mol. The number of aromatic nitrogens is 1. The van der Waals surface area contributed by atoms with Crippen molar-refractivity contribution in [1.29, 1.82) is 0 Å². The number of methoxy groups -OCH3 is 3. The first-order chi connectivity index (χ1) is 17.9. The van der Waals surface area contributed by atoms with Gasteiger partial charge in [0.1, 0.15) is 17.3 Å². The minimum absolute atomic E-state index is 0.108. The number of amides is 1. The van der Waals surface area contributed by atoms with E-state index in [2.05, 4.69) is 4.98 Å². The molecular weight excluding hydrogens is 496 g/mol. The van der Waals surface area contributed by atoms with Crippen LogP contribution in [0, 0.1) is 0 Å². The number of aromatic hydroxyl groups is 1. The molecule has 1 amide bonds. The highest BCUT2D eigenvalue weighted by Crippen LogP contribution is 2.46. The van der Waals surface area contributed by atoms with Crippen molar-refractivity contribution in [2.24, 2.45) is 0 Å². The van der Waals surface area contributed by atoms with Crippen LogP contribution in [0.3, 0.4) is 0 Å². The number of ketones is 1. The number of Topliss-reactive ketones (excluding diaryl/α,β-unsaturated/α-hetero) is 1. The van der Waals surface area contributed by atoms with Crippen molar-refractivity contribution in [2.45, 2.75) is 6.04 Å². The lowest BCUT2D eigenvalue weighted by atomic mass is 9.95. The second-order valence-electron chi connectivity index (χ2n) is 8.16. The molecule has 3 aromatic carbocycles. The van der Waals surface area contributed by atoms with Crippen LogP contribution in [-0.2, 0) is 9.59 Å². The summed E-state index contributed by atoms with van der Waals surface area (Å²) in [4.78, 5) is 32.7. The summed E-state index contributed by atoms with van der Waals surface area (Å²) in [5.41, 5.74) is 1.25. The molecule has 37 heavy (non-hydrogen) atoms. The van der Waals surface area contributed by atoms with E-state index in [-0.39, 0.29) is 28.0 Å². The van der Waals surface area contributed by atoms with Crippen LogP contribution in [0.15, 0.2) is 66.2 Å². The number of benzene rings is 3. The van der Waals surface area contributed by atoms with Gasteiger partial charge in [-0.15, -0.1) is 0 Å². The maximum Gasteiger partial charge on any atom is 0.301 e. The van der Waals surface area contributed by atoms with Crippen molar-refractivity contribution >= 4 is 44.1 Å². The van der Waals surface area contributed by atoms with Crippen molar-refractivity contribution in [3.63, 3.8) is 0 Å². The fourth-order valence-corrected chi connectivity index (χ4v) is 5.28. The van der Waals surface area contributed by atoms with E-state index in [1.165, 1.54) is 42.6 Å². The van der Waals surface area contributed by atoms with Gasteiger partial charge >= 0.3 is 5.91 Å². The fraction of sp³-hybridized carbons (Fsp3) is 0.148. The van der Waals surface area contributed by atoms with Crippen LogP contribution < -0.4 is 19.1 Å². The number of hydrogen-bond acceptors (Lipinski definition) is 9. The van der Waals surface area contributed by atoms with Gasteiger partial charge in [-0.1, -0.05) is 29.5 Å². The molecule has 5 rings (SSSR count). The number of thiazole rings is 1. The molecule has 1 saturated heterocycles. The molecule has 1 aromatic heterocycles. The van der Waals surface area contributed by atoms with Gasteiger partial charge < -0.3 is 24.4 Å². The van der Waals surface area contributed by atoms with Crippen LogP contribution >= 0.6 is 11.3 Å². The summed E-state index contributed by atoms with van der Waals surface area (Å²) in [7, 11) is 4.44. The number of ether oxygens (including phenoxy) is 3. The maximum absolute atomic E-state index is 13.4. The molecule has 1 aliphatic rings. The number of aliphatic hydroxyl groups excluding tert-OH is 1. The number of rotatable bonds is 6. The van der Waals surface area contributed by atoms with Crippen LogP contribution in [0.1, 0.15) is 17.2 Å². The van der Waals surface area contributed by atoms with E-state index in [0.717, 1.165) is 4.70 Å².